The zero-order valence-corrected chi connectivity index (χ0v) is 27.4. The van der Waals surface area contributed by atoms with Crippen LogP contribution in [0.3, 0.4) is 0 Å². The van der Waals surface area contributed by atoms with Crippen LogP contribution in [0.15, 0.2) is 0 Å². The van der Waals surface area contributed by atoms with Crippen molar-refractivity contribution in [3.05, 3.63) is 0 Å². The molecule has 0 aromatic carbocycles. The molecule has 1 aliphatic heterocycles. The van der Waals surface area contributed by atoms with Gasteiger partial charge < -0.3 is 25.3 Å². The average Bonchev–Trinajstić information content (AvgIpc) is 2.96. The van der Waals surface area contributed by atoms with E-state index in [1.54, 1.807) is 31.5 Å². The second-order valence-corrected chi connectivity index (χ2v) is 12.1. The van der Waals surface area contributed by atoms with E-state index in [1.165, 1.54) is 44.9 Å². The van der Waals surface area contributed by atoms with Crippen LogP contribution in [0.5, 0.6) is 0 Å². The molecular weight excluding hydrogens is 586 g/mol. The van der Waals surface area contributed by atoms with Crippen LogP contribution >= 0.6 is 0 Å². The molecule has 4 N–H and O–H groups in total. The highest BCUT2D eigenvalue weighted by Gasteiger charge is 2.31. The van der Waals surface area contributed by atoms with Crippen molar-refractivity contribution < 1.29 is 44.4 Å². The van der Waals surface area contributed by atoms with Crippen molar-refractivity contribution in [1.29, 1.82) is 0 Å². The summed E-state index contributed by atoms with van der Waals surface area (Å²) in [7, 11) is 1.68. The second kappa shape index (κ2) is 23.5. The molecule has 0 saturated carbocycles. The first-order valence-electron chi connectivity index (χ1n) is 16.5. The van der Waals surface area contributed by atoms with Crippen LogP contribution in [0, 0.1) is 0 Å². The third-order valence-electron chi connectivity index (χ3n) is 8.32. The fraction of sp³-hybridized carbons (Fsp3) is 0.839. The highest BCUT2D eigenvalue weighted by molar-refractivity contribution is 5.84. The Labute approximate surface area is 267 Å². The molecule has 1 heterocycles. The third kappa shape index (κ3) is 19.3. The Balaban J connectivity index is 2.86. The largest absolute Gasteiger partial charge is 0.480 e. The topological polar surface area (TPSA) is 182 Å². The van der Waals surface area contributed by atoms with E-state index in [1.807, 2.05) is 0 Å². The minimum atomic E-state index is -1.18. The lowest BCUT2D eigenvalue weighted by Gasteiger charge is -2.35. The van der Waals surface area contributed by atoms with Crippen molar-refractivity contribution in [3.63, 3.8) is 0 Å². The van der Waals surface area contributed by atoms with E-state index in [0.29, 0.717) is 6.54 Å². The van der Waals surface area contributed by atoms with Gasteiger partial charge in [-0.05, 0) is 6.42 Å². The maximum Gasteiger partial charge on any atom is 0.321 e. The molecule has 260 valence electrons. The van der Waals surface area contributed by atoms with Crippen LogP contribution in [0.25, 0.3) is 0 Å². The quantitative estimate of drug-likeness (QED) is 0.133. The van der Waals surface area contributed by atoms with Gasteiger partial charge in [-0.2, -0.15) is 0 Å². The van der Waals surface area contributed by atoms with Gasteiger partial charge in [-0.15, -0.1) is 0 Å². The molecule has 0 spiro atoms. The number of carbonyl (C=O) groups is 5. The fourth-order valence-corrected chi connectivity index (χ4v) is 5.57. The summed E-state index contributed by atoms with van der Waals surface area (Å²) in [4.78, 5) is 68.1. The Kier molecular flexibility index (Phi) is 21.0. The van der Waals surface area contributed by atoms with Gasteiger partial charge in [0.05, 0.1) is 26.1 Å². The summed E-state index contributed by atoms with van der Waals surface area (Å²) in [6.45, 7) is 3.43. The number of aliphatic carboxylic acids is 4. The predicted octanol–water partition coefficient (Wildman–Crippen LogP) is 1.68. The maximum atomic E-state index is 13.1. The van der Waals surface area contributed by atoms with Crippen LogP contribution in [-0.2, 0) is 24.0 Å². The normalized spacial score (nSPS) is 17.2. The van der Waals surface area contributed by atoms with Gasteiger partial charge in [0.25, 0.3) is 0 Å². The molecule has 0 radical (unpaired) electrons. The Morgan fingerprint density at radius 3 is 1.29 bits per heavy atom. The summed E-state index contributed by atoms with van der Waals surface area (Å²) in [6, 6.07) is -1.17. The van der Waals surface area contributed by atoms with E-state index in [9.17, 15) is 44.4 Å². The number of rotatable bonds is 21. The highest BCUT2D eigenvalue weighted by atomic mass is 16.4. The molecule has 0 aromatic heterocycles. The van der Waals surface area contributed by atoms with Crippen LogP contribution in [-0.4, -0.2) is 166 Å². The van der Waals surface area contributed by atoms with E-state index < -0.39 is 29.9 Å². The van der Waals surface area contributed by atoms with Crippen molar-refractivity contribution >= 4 is 29.8 Å². The smallest absolute Gasteiger partial charge is 0.321 e. The maximum absolute atomic E-state index is 13.1. The monoisotopic (exact) mass is 643 g/mol. The standard InChI is InChI=1S/C31H57N5O9/c1-3-4-5-6-7-8-9-10-11-12-13-32(2)27(37)22-26(31(44)45)36-20-18-34(24-29(40)41)16-14-33(23-28(38)39)15-17-35(19-21-36)25-30(42)43/h26H,3-25H2,1-2H3,(H,38,39)(H,40,41)(H,42,43)(H,44,45). The van der Waals surface area contributed by atoms with E-state index in [0.717, 1.165) is 19.3 Å². The van der Waals surface area contributed by atoms with Gasteiger partial charge in [-0.25, -0.2) is 0 Å². The summed E-state index contributed by atoms with van der Waals surface area (Å²) in [6.07, 6.45) is 11.5. The molecule has 45 heavy (non-hydrogen) atoms. The minimum Gasteiger partial charge on any atom is -0.480 e. The van der Waals surface area contributed by atoms with Crippen LogP contribution in [0.2, 0.25) is 0 Å². The number of hydrogen-bond donors (Lipinski definition) is 4. The van der Waals surface area contributed by atoms with Crippen LogP contribution in [0.1, 0.15) is 77.6 Å². The first-order valence-corrected chi connectivity index (χ1v) is 16.5. The third-order valence-corrected chi connectivity index (χ3v) is 8.32. The highest BCUT2D eigenvalue weighted by Crippen LogP contribution is 2.13. The van der Waals surface area contributed by atoms with Gasteiger partial charge in [-0.1, -0.05) is 64.7 Å². The Morgan fingerprint density at radius 1 is 0.578 bits per heavy atom. The SMILES string of the molecule is CCCCCCCCCCCCN(C)C(=O)CC(C(=O)O)N1CCN(CC(=O)O)CCN(CC(=O)O)CCN(CC(=O)O)CC1. The van der Waals surface area contributed by atoms with Gasteiger partial charge in [-0.3, -0.25) is 43.6 Å². The number of hydrogen-bond acceptors (Lipinski definition) is 9. The number of nitrogens with zero attached hydrogens (tertiary/aromatic N) is 5. The Hall–Kier alpha value is -2.81. The molecular formula is C31H57N5O9. The molecule has 1 unspecified atom stereocenters. The first kappa shape index (κ1) is 40.2. The second-order valence-electron chi connectivity index (χ2n) is 12.1. The molecule has 0 bridgehead atoms. The van der Waals surface area contributed by atoms with Gasteiger partial charge in [0.2, 0.25) is 5.91 Å². The van der Waals surface area contributed by atoms with E-state index in [4.69, 9.17) is 0 Å². The first-order chi connectivity index (χ1) is 21.4. The zero-order chi connectivity index (χ0) is 33.6. The lowest BCUT2D eigenvalue weighted by Crippen LogP contribution is -2.52. The number of unbranched alkanes of at least 4 members (excludes halogenated alkanes) is 9. The summed E-state index contributed by atoms with van der Waals surface area (Å²) >= 11 is 0. The van der Waals surface area contributed by atoms with Crippen molar-refractivity contribution in [2.75, 3.05) is 85.6 Å². The molecule has 1 atom stereocenters. The number of amides is 1. The molecule has 1 aliphatic rings. The summed E-state index contributed by atoms with van der Waals surface area (Å²) in [5.41, 5.74) is 0. The zero-order valence-electron chi connectivity index (χ0n) is 27.4. The molecule has 1 amide bonds. The average molecular weight is 644 g/mol. The van der Waals surface area contributed by atoms with Gasteiger partial charge >= 0.3 is 23.9 Å². The fourth-order valence-electron chi connectivity index (χ4n) is 5.57. The number of carboxylic acid groups (broad SMARTS) is 4. The molecule has 1 saturated heterocycles. The van der Waals surface area contributed by atoms with Crippen LogP contribution in [0.4, 0.5) is 0 Å². The summed E-state index contributed by atoms with van der Waals surface area (Å²) in [5.74, 6) is -4.65. The van der Waals surface area contributed by atoms with Gasteiger partial charge in [0, 0.05) is 66.0 Å². The Morgan fingerprint density at radius 2 is 0.933 bits per heavy atom. The van der Waals surface area contributed by atoms with Crippen molar-refractivity contribution in [2.24, 2.45) is 0 Å². The molecule has 0 aromatic rings. The number of carbonyl (C=O) groups excluding carboxylic acids is 1. The molecule has 1 rings (SSSR count). The molecule has 14 heteroatoms. The summed E-state index contributed by atoms with van der Waals surface area (Å²) in [5, 5.41) is 38.3. The van der Waals surface area contributed by atoms with Crippen molar-refractivity contribution in [2.45, 2.75) is 83.6 Å². The van der Waals surface area contributed by atoms with Gasteiger partial charge in [0.1, 0.15) is 6.04 Å². The minimum absolute atomic E-state index is 0.138. The van der Waals surface area contributed by atoms with E-state index in [2.05, 4.69) is 6.92 Å². The van der Waals surface area contributed by atoms with E-state index >= 15 is 0 Å². The lowest BCUT2D eigenvalue weighted by molar-refractivity contribution is -0.148. The van der Waals surface area contributed by atoms with Gasteiger partial charge in [0.15, 0.2) is 0 Å². The number of carboxylic acids is 4. The van der Waals surface area contributed by atoms with E-state index in [-0.39, 0.29) is 84.3 Å². The molecule has 0 aliphatic carbocycles. The van der Waals surface area contributed by atoms with Crippen LogP contribution < -0.4 is 0 Å². The Bertz CT molecular complexity index is 875. The molecule has 14 nitrogen and oxygen atoms in total. The predicted molar refractivity (Wildman–Crippen MR) is 169 cm³/mol. The van der Waals surface area contributed by atoms with Crippen molar-refractivity contribution in [3.8, 4) is 0 Å². The lowest BCUT2D eigenvalue weighted by atomic mass is 10.1. The molecule has 1 fully saturated rings. The summed E-state index contributed by atoms with van der Waals surface area (Å²) < 4.78 is 0. The van der Waals surface area contributed by atoms with Crippen molar-refractivity contribution in [1.82, 2.24) is 24.5 Å².